The summed E-state index contributed by atoms with van der Waals surface area (Å²) in [5.74, 6) is 1.39. The average molecular weight is 370 g/mol. The van der Waals surface area contributed by atoms with Crippen molar-refractivity contribution in [3.63, 3.8) is 0 Å². The van der Waals surface area contributed by atoms with Crippen LogP contribution in [0.25, 0.3) is 10.9 Å². The lowest BCUT2D eigenvalue weighted by atomic mass is 10.0. The van der Waals surface area contributed by atoms with Crippen LogP contribution in [0.1, 0.15) is 19.4 Å². The lowest BCUT2D eigenvalue weighted by Gasteiger charge is -2.37. The summed E-state index contributed by atoms with van der Waals surface area (Å²) in [5, 5.41) is 8.09. The van der Waals surface area contributed by atoms with E-state index >= 15 is 0 Å². The van der Waals surface area contributed by atoms with Gasteiger partial charge in [-0.05, 0) is 17.5 Å². The number of aromatic nitrogens is 1. The normalized spacial score (nSPS) is 17.3. The second-order valence-electron chi connectivity index (χ2n) is 7.26. The van der Waals surface area contributed by atoms with Crippen molar-refractivity contribution < 1.29 is 4.74 Å². The Hall–Kier alpha value is -2.18. The van der Waals surface area contributed by atoms with E-state index in [1.54, 1.807) is 0 Å². The zero-order valence-electron chi connectivity index (χ0n) is 16.6. The third-order valence-electron chi connectivity index (χ3n) is 5.15. The molecule has 1 fully saturated rings. The van der Waals surface area contributed by atoms with Crippen LogP contribution < -0.4 is 10.6 Å². The van der Waals surface area contributed by atoms with Gasteiger partial charge in [0.2, 0.25) is 0 Å². The molecule has 0 aliphatic carbocycles. The van der Waals surface area contributed by atoms with Gasteiger partial charge in [0.25, 0.3) is 0 Å². The fraction of sp³-hybridized carbons (Fsp3) is 0.524. The van der Waals surface area contributed by atoms with E-state index in [1.165, 1.54) is 5.56 Å². The number of aliphatic imine (C=N–C) groups is 1. The van der Waals surface area contributed by atoms with Gasteiger partial charge in [-0.3, -0.25) is 14.9 Å². The van der Waals surface area contributed by atoms with Crippen molar-refractivity contribution in [2.24, 2.45) is 10.9 Å². The number of morpholine rings is 1. The molecule has 27 heavy (non-hydrogen) atoms. The van der Waals surface area contributed by atoms with E-state index in [1.807, 2.05) is 19.3 Å². The van der Waals surface area contributed by atoms with E-state index in [4.69, 9.17) is 4.74 Å². The molecule has 0 radical (unpaired) electrons. The number of fused-ring (bicyclic) bond motifs is 1. The van der Waals surface area contributed by atoms with E-state index in [0.29, 0.717) is 18.5 Å². The molecule has 1 aliphatic heterocycles. The highest BCUT2D eigenvalue weighted by Crippen LogP contribution is 2.15. The predicted molar refractivity (Wildman–Crippen MR) is 111 cm³/mol. The first-order chi connectivity index (χ1) is 13.2. The lowest BCUT2D eigenvalue weighted by molar-refractivity contribution is 0.00752. The molecule has 2 aromatic rings. The minimum atomic E-state index is 0.465. The van der Waals surface area contributed by atoms with Gasteiger partial charge < -0.3 is 15.4 Å². The van der Waals surface area contributed by atoms with Crippen molar-refractivity contribution in [2.75, 3.05) is 39.9 Å². The number of nitrogens with one attached hydrogen (secondary N) is 2. The second-order valence-corrected chi connectivity index (χ2v) is 7.26. The molecule has 1 unspecified atom stereocenters. The summed E-state index contributed by atoms with van der Waals surface area (Å²) >= 11 is 0. The molecule has 2 heterocycles. The van der Waals surface area contributed by atoms with Gasteiger partial charge in [-0.1, -0.05) is 38.1 Å². The fourth-order valence-electron chi connectivity index (χ4n) is 3.61. The van der Waals surface area contributed by atoms with E-state index in [9.17, 15) is 0 Å². The number of hydrogen-bond donors (Lipinski definition) is 2. The minimum Gasteiger partial charge on any atom is -0.379 e. The predicted octanol–water partition coefficient (Wildman–Crippen LogP) is 2.26. The molecule has 0 bridgehead atoms. The molecule has 1 aromatic heterocycles. The summed E-state index contributed by atoms with van der Waals surface area (Å²) in [6.07, 6.45) is 1.84. The maximum atomic E-state index is 5.50. The van der Waals surface area contributed by atoms with Crippen LogP contribution in [0.15, 0.2) is 41.5 Å². The van der Waals surface area contributed by atoms with Crippen molar-refractivity contribution >= 4 is 16.9 Å². The number of nitrogens with zero attached hydrogens (tertiary/aromatic N) is 3. The fourth-order valence-corrected chi connectivity index (χ4v) is 3.61. The molecule has 0 spiro atoms. The molecular weight excluding hydrogens is 338 g/mol. The Morgan fingerprint density at radius 1 is 1.19 bits per heavy atom. The third-order valence-corrected chi connectivity index (χ3v) is 5.15. The maximum Gasteiger partial charge on any atom is 0.191 e. The maximum absolute atomic E-state index is 5.50. The van der Waals surface area contributed by atoms with Crippen molar-refractivity contribution in [1.29, 1.82) is 0 Å². The highest BCUT2D eigenvalue weighted by atomic mass is 16.5. The molecule has 0 amide bonds. The van der Waals surface area contributed by atoms with Crippen LogP contribution in [0.2, 0.25) is 0 Å². The van der Waals surface area contributed by atoms with Gasteiger partial charge in [0, 0.05) is 50.9 Å². The highest BCUT2D eigenvalue weighted by molar-refractivity contribution is 5.83. The minimum absolute atomic E-state index is 0.465. The second kappa shape index (κ2) is 9.67. The number of pyridine rings is 1. The van der Waals surface area contributed by atoms with Crippen molar-refractivity contribution in [3.8, 4) is 0 Å². The molecule has 6 heteroatoms. The van der Waals surface area contributed by atoms with Gasteiger partial charge in [0.1, 0.15) is 0 Å². The Morgan fingerprint density at radius 3 is 2.70 bits per heavy atom. The van der Waals surface area contributed by atoms with Crippen LogP contribution in [0.5, 0.6) is 0 Å². The van der Waals surface area contributed by atoms with Crippen molar-refractivity contribution in [1.82, 2.24) is 20.5 Å². The lowest BCUT2D eigenvalue weighted by Crippen LogP contribution is -2.52. The van der Waals surface area contributed by atoms with Gasteiger partial charge in [-0.25, -0.2) is 0 Å². The molecule has 1 aliphatic rings. The molecule has 1 aromatic carbocycles. The van der Waals surface area contributed by atoms with Crippen LogP contribution in [-0.2, 0) is 11.3 Å². The molecule has 2 N–H and O–H groups in total. The number of rotatable bonds is 6. The summed E-state index contributed by atoms with van der Waals surface area (Å²) in [6, 6.07) is 10.8. The highest BCUT2D eigenvalue weighted by Gasteiger charge is 2.23. The zero-order valence-corrected chi connectivity index (χ0v) is 16.6. The summed E-state index contributed by atoms with van der Waals surface area (Å²) in [6.45, 7) is 9.76. The summed E-state index contributed by atoms with van der Waals surface area (Å²) < 4.78 is 5.50. The molecule has 1 saturated heterocycles. The summed E-state index contributed by atoms with van der Waals surface area (Å²) in [4.78, 5) is 11.4. The molecule has 3 rings (SSSR count). The summed E-state index contributed by atoms with van der Waals surface area (Å²) in [5.41, 5.74) is 2.21. The quantitative estimate of drug-likeness (QED) is 0.604. The molecule has 0 saturated carbocycles. The van der Waals surface area contributed by atoms with E-state index in [2.05, 4.69) is 63.6 Å². The van der Waals surface area contributed by atoms with Gasteiger partial charge in [-0.2, -0.15) is 0 Å². The largest absolute Gasteiger partial charge is 0.379 e. The first-order valence-corrected chi connectivity index (χ1v) is 9.78. The number of benzene rings is 1. The van der Waals surface area contributed by atoms with E-state index < -0.39 is 0 Å². The SMILES string of the molecule is CN=C(NCc1cccc2cccnc12)NCC(C(C)C)N1CCOCC1. The van der Waals surface area contributed by atoms with Crippen LogP contribution in [0, 0.1) is 5.92 Å². The average Bonchev–Trinajstić information content (AvgIpc) is 2.71. The standard InChI is InChI=1S/C21H31N5O/c1-16(2)19(26-10-12-27-13-11-26)15-25-21(22-3)24-14-18-7-4-6-17-8-5-9-23-20(17)18/h4-9,16,19H,10-15H2,1-3H3,(H2,22,24,25). The Morgan fingerprint density at radius 2 is 1.96 bits per heavy atom. The van der Waals surface area contributed by atoms with Crippen LogP contribution in [0.3, 0.4) is 0 Å². The first-order valence-electron chi connectivity index (χ1n) is 9.78. The molecule has 1 atom stereocenters. The molecule has 146 valence electrons. The number of ether oxygens (including phenoxy) is 1. The van der Waals surface area contributed by atoms with E-state index in [0.717, 1.165) is 49.7 Å². The van der Waals surface area contributed by atoms with Crippen LogP contribution in [0.4, 0.5) is 0 Å². The number of para-hydroxylation sites is 1. The topological polar surface area (TPSA) is 61.8 Å². The molecular formula is C21H31N5O. The van der Waals surface area contributed by atoms with Crippen molar-refractivity contribution in [2.45, 2.75) is 26.4 Å². The molecule has 6 nitrogen and oxygen atoms in total. The Labute approximate surface area is 162 Å². The zero-order chi connectivity index (χ0) is 19.1. The van der Waals surface area contributed by atoms with Gasteiger partial charge in [-0.15, -0.1) is 0 Å². The Balaban J connectivity index is 1.58. The third kappa shape index (κ3) is 5.17. The van der Waals surface area contributed by atoms with Crippen molar-refractivity contribution in [3.05, 3.63) is 42.1 Å². The Kier molecular flexibility index (Phi) is 7.01. The monoisotopic (exact) mass is 369 g/mol. The number of guanidine groups is 1. The van der Waals surface area contributed by atoms with Crippen LogP contribution >= 0.6 is 0 Å². The first kappa shape index (κ1) is 19.6. The smallest absolute Gasteiger partial charge is 0.191 e. The van der Waals surface area contributed by atoms with Crippen LogP contribution in [-0.4, -0.2) is 61.8 Å². The summed E-state index contributed by atoms with van der Waals surface area (Å²) in [7, 11) is 1.82. The number of hydrogen-bond acceptors (Lipinski definition) is 4. The van der Waals surface area contributed by atoms with Gasteiger partial charge >= 0.3 is 0 Å². The van der Waals surface area contributed by atoms with Gasteiger partial charge in [0.15, 0.2) is 5.96 Å². The Bertz CT molecular complexity index is 750. The van der Waals surface area contributed by atoms with E-state index in [-0.39, 0.29) is 0 Å². The van der Waals surface area contributed by atoms with Gasteiger partial charge in [0.05, 0.1) is 18.7 Å².